The Kier molecular flexibility index (Phi) is 1.46. The summed E-state index contributed by atoms with van der Waals surface area (Å²) in [5.41, 5.74) is 0. The summed E-state index contributed by atoms with van der Waals surface area (Å²) in [5.74, 6) is -0.234. The largest absolute Gasteiger partial charge is 0.313 e. The summed E-state index contributed by atoms with van der Waals surface area (Å²) < 4.78 is 22.7. The molecule has 1 aliphatic rings. The van der Waals surface area contributed by atoms with Crippen LogP contribution in [0.1, 0.15) is 6.42 Å². The van der Waals surface area contributed by atoms with Crippen molar-refractivity contribution in [3.05, 3.63) is 12.3 Å². The third-order valence-corrected chi connectivity index (χ3v) is 1.14. The summed E-state index contributed by atoms with van der Waals surface area (Å²) in [6.07, 6.45) is -0.863. The van der Waals surface area contributed by atoms with E-state index in [9.17, 15) is 13.6 Å². The smallest absolute Gasteiger partial charge is 0.286 e. The molecule has 1 amide bonds. The van der Waals surface area contributed by atoms with Crippen molar-refractivity contribution in [2.75, 3.05) is 6.54 Å². The molecule has 9 heavy (non-hydrogen) atoms. The Bertz CT molecular complexity index is 162. The van der Waals surface area contributed by atoms with Crippen molar-refractivity contribution in [3.8, 4) is 0 Å². The second kappa shape index (κ2) is 2.13. The number of amides is 1. The van der Waals surface area contributed by atoms with Crippen molar-refractivity contribution in [2.45, 2.75) is 6.42 Å². The highest BCUT2D eigenvalue weighted by Gasteiger charge is 2.22. The van der Waals surface area contributed by atoms with E-state index in [2.05, 4.69) is 0 Å². The van der Waals surface area contributed by atoms with E-state index >= 15 is 0 Å². The maximum absolute atomic E-state index is 11.3. The van der Waals surface area contributed by atoms with Crippen LogP contribution in [0.25, 0.3) is 0 Å². The van der Waals surface area contributed by atoms with Gasteiger partial charge in [0.2, 0.25) is 5.91 Å². The fourth-order valence-corrected chi connectivity index (χ4v) is 0.587. The minimum atomic E-state index is -1.82. The van der Waals surface area contributed by atoms with Crippen LogP contribution in [0.15, 0.2) is 12.3 Å². The van der Waals surface area contributed by atoms with Crippen molar-refractivity contribution >= 4 is 5.91 Å². The fourth-order valence-electron chi connectivity index (χ4n) is 0.587. The Morgan fingerprint density at radius 1 is 1.67 bits per heavy atom. The lowest BCUT2D eigenvalue weighted by atomic mass is 10.2. The van der Waals surface area contributed by atoms with E-state index < -0.39 is 6.08 Å². The van der Waals surface area contributed by atoms with E-state index in [1.54, 1.807) is 0 Å². The Balaban J connectivity index is 2.46. The molecule has 1 rings (SSSR count). The van der Waals surface area contributed by atoms with Gasteiger partial charge in [0.25, 0.3) is 6.08 Å². The summed E-state index contributed by atoms with van der Waals surface area (Å²) >= 11 is 0. The first kappa shape index (κ1) is 6.19. The Hall–Kier alpha value is -0.930. The van der Waals surface area contributed by atoms with Crippen molar-refractivity contribution in [1.82, 2.24) is 4.90 Å². The number of carbonyl (C=O) groups is 1. The van der Waals surface area contributed by atoms with E-state index in [4.69, 9.17) is 0 Å². The first-order valence-electron chi connectivity index (χ1n) is 2.52. The van der Waals surface area contributed by atoms with Gasteiger partial charge in [-0.3, -0.25) is 4.79 Å². The lowest BCUT2D eigenvalue weighted by molar-refractivity contribution is -0.136. The van der Waals surface area contributed by atoms with Crippen molar-refractivity contribution in [3.63, 3.8) is 0 Å². The summed E-state index contributed by atoms with van der Waals surface area (Å²) in [5, 5.41) is 0. The number of halogens is 2. The molecular weight excluding hydrogens is 128 g/mol. The fraction of sp³-hybridized carbons (Fsp3) is 0.400. The molecule has 1 fully saturated rings. The van der Waals surface area contributed by atoms with Crippen LogP contribution < -0.4 is 0 Å². The van der Waals surface area contributed by atoms with Gasteiger partial charge in [-0.05, 0) is 0 Å². The maximum atomic E-state index is 11.3. The molecule has 50 valence electrons. The Labute approximate surface area is 50.8 Å². The van der Waals surface area contributed by atoms with Gasteiger partial charge in [0.1, 0.15) is 0 Å². The second-order valence-corrected chi connectivity index (χ2v) is 1.76. The summed E-state index contributed by atoms with van der Waals surface area (Å²) in [6.45, 7) is 0.427. The van der Waals surface area contributed by atoms with Crippen LogP contribution in [0.2, 0.25) is 0 Å². The molecule has 0 aromatic heterocycles. The Morgan fingerprint density at radius 2 is 2.33 bits per heavy atom. The summed E-state index contributed by atoms with van der Waals surface area (Å²) in [7, 11) is 0. The molecule has 0 aromatic rings. The van der Waals surface area contributed by atoms with Gasteiger partial charge < -0.3 is 4.90 Å². The van der Waals surface area contributed by atoms with Gasteiger partial charge in [-0.15, -0.1) is 0 Å². The molecule has 0 radical (unpaired) electrons. The average molecular weight is 133 g/mol. The predicted molar refractivity (Wildman–Crippen MR) is 26.6 cm³/mol. The lowest BCUT2D eigenvalue weighted by Crippen LogP contribution is -2.38. The normalized spacial score (nSPS) is 17.1. The monoisotopic (exact) mass is 133 g/mol. The van der Waals surface area contributed by atoms with Crippen molar-refractivity contribution in [2.24, 2.45) is 0 Å². The van der Waals surface area contributed by atoms with E-state index in [0.717, 1.165) is 4.90 Å². The topological polar surface area (TPSA) is 20.3 Å². The number of likely N-dealkylation sites (tertiary alicyclic amines) is 1. The van der Waals surface area contributed by atoms with Crippen LogP contribution in [-0.2, 0) is 4.79 Å². The van der Waals surface area contributed by atoms with Crippen LogP contribution in [-0.4, -0.2) is 17.4 Å². The van der Waals surface area contributed by atoms with Gasteiger partial charge in [-0.1, -0.05) is 0 Å². The minimum Gasteiger partial charge on any atom is -0.313 e. The molecule has 0 aromatic carbocycles. The molecule has 0 atom stereocenters. The molecule has 0 bridgehead atoms. The molecule has 0 saturated carbocycles. The first-order chi connectivity index (χ1) is 4.20. The molecule has 2 nitrogen and oxygen atoms in total. The maximum Gasteiger partial charge on any atom is 0.286 e. The zero-order chi connectivity index (χ0) is 6.85. The Morgan fingerprint density at radius 3 is 2.44 bits per heavy atom. The summed E-state index contributed by atoms with van der Waals surface area (Å²) in [4.78, 5) is 11.3. The molecule has 1 heterocycles. The molecule has 0 unspecified atom stereocenters. The van der Waals surface area contributed by atoms with Crippen LogP contribution in [0.4, 0.5) is 8.78 Å². The van der Waals surface area contributed by atoms with Gasteiger partial charge in [-0.2, -0.15) is 8.78 Å². The third-order valence-electron chi connectivity index (χ3n) is 1.14. The number of β-lactam (4-membered cyclic amide) rings is 1. The van der Waals surface area contributed by atoms with E-state index in [1.807, 2.05) is 0 Å². The number of nitrogens with zero attached hydrogens (tertiary/aromatic N) is 1. The predicted octanol–water partition coefficient (Wildman–Crippen LogP) is 0.957. The lowest BCUT2D eigenvalue weighted by Gasteiger charge is -2.25. The van der Waals surface area contributed by atoms with Crippen molar-refractivity contribution < 1.29 is 13.6 Å². The number of hydrogen-bond acceptors (Lipinski definition) is 1. The average Bonchev–Trinajstić information content (AvgIpc) is 1.79. The number of carbonyl (C=O) groups excluding carboxylic acids is 1. The SMILES string of the molecule is O=C1CCN1C=C(F)F. The van der Waals surface area contributed by atoms with Crippen molar-refractivity contribution in [1.29, 1.82) is 0 Å². The van der Waals surface area contributed by atoms with E-state index in [1.165, 1.54) is 0 Å². The highest BCUT2D eigenvalue weighted by molar-refractivity contribution is 5.82. The highest BCUT2D eigenvalue weighted by atomic mass is 19.3. The number of rotatable bonds is 1. The molecule has 0 N–H and O–H groups in total. The molecule has 0 aliphatic carbocycles. The third kappa shape index (κ3) is 1.25. The molecule has 0 spiro atoms. The van der Waals surface area contributed by atoms with E-state index in [0.29, 0.717) is 19.2 Å². The molecule has 4 heteroatoms. The van der Waals surface area contributed by atoms with E-state index in [-0.39, 0.29) is 5.91 Å². The molecule has 1 saturated heterocycles. The first-order valence-corrected chi connectivity index (χ1v) is 2.52. The van der Waals surface area contributed by atoms with Crippen LogP contribution >= 0.6 is 0 Å². The van der Waals surface area contributed by atoms with Gasteiger partial charge in [0.15, 0.2) is 0 Å². The highest BCUT2D eigenvalue weighted by Crippen LogP contribution is 2.11. The van der Waals surface area contributed by atoms with Crippen LogP contribution in [0.5, 0.6) is 0 Å². The van der Waals surface area contributed by atoms with Gasteiger partial charge in [0.05, 0.1) is 6.20 Å². The zero-order valence-corrected chi connectivity index (χ0v) is 4.60. The minimum absolute atomic E-state index is 0.234. The second-order valence-electron chi connectivity index (χ2n) is 1.76. The number of hydrogen-bond donors (Lipinski definition) is 0. The van der Waals surface area contributed by atoms with Gasteiger partial charge >= 0.3 is 0 Å². The quantitative estimate of drug-likeness (QED) is 0.488. The van der Waals surface area contributed by atoms with Crippen LogP contribution in [0, 0.1) is 0 Å². The van der Waals surface area contributed by atoms with Gasteiger partial charge in [0, 0.05) is 13.0 Å². The van der Waals surface area contributed by atoms with Gasteiger partial charge in [-0.25, -0.2) is 0 Å². The van der Waals surface area contributed by atoms with Crippen LogP contribution in [0.3, 0.4) is 0 Å². The molecule has 1 aliphatic heterocycles. The zero-order valence-electron chi connectivity index (χ0n) is 4.60. The standard InChI is InChI=1S/C5H5F2NO/c6-4(7)3-8-2-1-5(8)9/h3H,1-2H2. The molecular formula is C5H5F2NO. The summed E-state index contributed by atoms with van der Waals surface area (Å²) in [6, 6.07) is 0.